The molecule has 0 amide bonds. The van der Waals surface area contributed by atoms with E-state index in [9.17, 15) is 0 Å². The van der Waals surface area contributed by atoms with Crippen LogP contribution in [0.25, 0.3) is 0 Å². The van der Waals surface area contributed by atoms with E-state index in [1.165, 1.54) is 12.0 Å². The summed E-state index contributed by atoms with van der Waals surface area (Å²) in [6, 6.07) is 17.9. The topological polar surface area (TPSA) is 98.1 Å². The lowest BCUT2D eigenvalue weighted by Gasteiger charge is -2.28. The van der Waals surface area contributed by atoms with Crippen molar-refractivity contribution in [1.29, 1.82) is 5.26 Å². The number of nitrogens with zero attached hydrogens (tertiary/aromatic N) is 4. The molecule has 2 aromatic carbocycles. The van der Waals surface area contributed by atoms with Gasteiger partial charge in [-0.15, -0.1) is 0 Å². The Kier molecular flexibility index (Phi) is 6.22. The summed E-state index contributed by atoms with van der Waals surface area (Å²) in [5, 5.41) is 18.0. The molecule has 30 heavy (non-hydrogen) atoms. The van der Waals surface area contributed by atoms with Gasteiger partial charge in [-0.3, -0.25) is 5.32 Å². The number of benzene rings is 2. The van der Waals surface area contributed by atoms with Gasteiger partial charge in [-0.2, -0.15) is 5.26 Å². The highest BCUT2D eigenvalue weighted by molar-refractivity contribution is 5.62. The summed E-state index contributed by atoms with van der Waals surface area (Å²) in [7, 11) is 0. The summed E-state index contributed by atoms with van der Waals surface area (Å²) in [5.74, 6) is 1.43. The normalized spacial score (nSPS) is 13.4. The van der Waals surface area contributed by atoms with E-state index in [2.05, 4.69) is 43.0 Å². The number of aromatic nitrogens is 2. The molecule has 8 heteroatoms. The average molecular weight is 401 g/mol. The van der Waals surface area contributed by atoms with Crippen LogP contribution < -0.4 is 20.9 Å². The Morgan fingerprint density at radius 1 is 0.967 bits per heavy atom. The predicted octanol–water partition coefficient (Wildman–Crippen LogP) is 3.56. The molecule has 0 bridgehead atoms. The zero-order valence-electron chi connectivity index (χ0n) is 16.5. The van der Waals surface area contributed by atoms with Crippen LogP contribution in [-0.2, 0) is 11.3 Å². The molecular weight excluding hydrogens is 378 g/mol. The van der Waals surface area contributed by atoms with Crippen LogP contribution in [0.5, 0.6) is 0 Å². The Bertz CT molecular complexity index is 1010. The maximum atomic E-state index is 8.74. The molecule has 8 nitrogen and oxygen atoms in total. The molecule has 0 spiro atoms. The number of hydrogen-bond acceptors (Lipinski definition) is 8. The quantitative estimate of drug-likeness (QED) is 0.408. The second-order valence-corrected chi connectivity index (χ2v) is 6.85. The van der Waals surface area contributed by atoms with Crippen molar-refractivity contribution in [3.8, 4) is 6.19 Å². The molecule has 0 aliphatic carbocycles. The van der Waals surface area contributed by atoms with Crippen LogP contribution in [0.1, 0.15) is 5.56 Å². The monoisotopic (exact) mass is 401 g/mol. The van der Waals surface area contributed by atoms with Crippen LogP contribution in [0.15, 0.2) is 60.9 Å². The minimum absolute atomic E-state index is 0.589. The lowest BCUT2D eigenvalue weighted by molar-refractivity contribution is 0.122. The highest BCUT2D eigenvalue weighted by Gasteiger charge is 2.10. The van der Waals surface area contributed by atoms with Crippen LogP contribution in [0.2, 0.25) is 0 Å². The molecule has 1 saturated heterocycles. The first-order valence-corrected chi connectivity index (χ1v) is 9.80. The van der Waals surface area contributed by atoms with Crippen molar-refractivity contribution in [1.82, 2.24) is 9.97 Å². The third kappa shape index (κ3) is 5.16. The second kappa shape index (κ2) is 9.58. The Balaban J connectivity index is 1.36. The van der Waals surface area contributed by atoms with E-state index in [0.29, 0.717) is 12.4 Å². The number of nitriles is 1. The smallest absolute Gasteiger partial charge is 0.181 e. The van der Waals surface area contributed by atoms with Gasteiger partial charge in [0, 0.05) is 42.8 Å². The van der Waals surface area contributed by atoms with Crippen molar-refractivity contribution in [2.75, 3.05) is 47.2 Å². The van der Waals surface area contributed by atoms with Gasteiger partial charge < -0.3 is 20.3 Å². The van der Waals surface area contributed by atoms with Gasteiger partial charge in [0.2, 0.25) is 0 Å². The van der Waals surface area contributed by atoms with Crippen molar-refractivity contribution in [2.24, 2.45) is 0 Å². The maximum Gasteiger partial charge on any atom is 0.181 e. The summed E-state index contributed by atoms with van der Waals surface area (Å²) >= 11 is 0. The van der Waals surface area contributed by atoms with Gasteiger partial charge in [-0.05, 0) is 42.0 Å². The first kappa shape index (κ1) is 19.5. The van der Waals surface area contributed by atoms with E-state index in [1.807, 2.05) is 48.7 Å². The lowest BCUT2D eigenvalue weighted by Crippen LogP contribution is -2.36. The van der Waals surface area contributed by atoms with Gasteiger partial charge in [-0.25, -0.2) is 9.97 Å². The van der Waals surface area contributed by atoms with Gasteiger partial charge in [0.15, 0.2) is 6.19 Å². The van der Waals surface area contributed by atoms with E-state index in [1.54, 1.807) is 0 Å². The van der Waals surface area contributed by atoms with E-state index >= 15 is 0 Å². The minimum Gasteiger partial charge on any atom is -0.378 e. The van der Waals surface area contributed by atoms with Gasteiger partial charge in [0.05, 0.1) is 13.2 Å². The molecule has 4 rings (SSSR count). The van der Waals surface area contributed by atoms with E-state index in [4.69, 9.17) is 10.00 Å². The Morgan fingerprint density at radius 3 is 2.57 bits per heavy atom. The minimum atomic E-state index is 0.589. The standard InChI is InChI=1S/C22H23N7O/c23-15-25-19-3-1-2-17(12-19)14-24-21-13-22(27-16-26-21)28-18-4-6-20(7-5-18)29-8-10-30-11-9-29/h1-7,12-13,16,25H,8-11,14H2,(H2,24,26,27,28). The Hall–Kier alpha value is -3.83. The fourth-order valence-corrected chi connectivity index (χ4v) is 3.26. The van der Waals surface area contributed by atoms with Crippen molar-refractivity contribution in [3.05, 3.63) is 66.5 Å². The zero-order valence-corrected chi connectivity index (χ0v) is 16.5. The molecule has 1 aromatic heterocycles. The summed E-state index contributed by atoms with van der Waals surface area (Å²) in [5.41, 5.74) is 3.97. The molecule has 0 radical (unpaired) electrons. The molecule has 1 aliphatic heterocycles. The van der Waals surface area contributed by atoms with Crippen LogP contribution in [0.4, 0.5) is 28.7 Å². The first-order chi connectivity index (χ1) is 14.8. The fourth-order valence-electron chi connectivity index (χ4n) is 3.26. The molecule has 1 aliphatic rings. The number of morpholine rings is 1. The number of nitrogens with one attached hydrogen (secondary N) is 3. The predicted molar refractivity (Wildman–Crippen MR) is 118 cm³/mol. The van der Waals surface area contributed by atoms with Crippen LogP contribution in [0, 0.1) is 11.5 Å². The second-order valence-electron chi connectivity index (χ2n) is 6.85. The number of ether oxygens (including phenoxy) is 1. The Labute approximate surface area is 175 Å². The Morgan fingerprint density at radius 2 is 1.77 bits per heavy atom. The number of hydrogen-bond donors (Lipinski definition) is 3. The molecule has 152 valence electrons. The maximum absolute atomic E-state index is 8.74. The molecule has 0 unspecified atom stereocenters. The van der Waals surface area contributed by atoms with Gasteiger partial charge in [0.25, 0.3) is 0 Å². The number of anilines is 5. The first-order valence-electron chi connectivity index (χ1n) is 9.80. The van der Waals surface area contributed by atoms with Crippen LogP contribution in [-0.4, -0.2) is 36.3 Å². The van der Waals surface area contributed by atoms with Crippen molar-refractivity contribution in [2.45, 2.75) is 6.54 Å². The largest absolute Gasteiger partial charge is 0.378 e. The van der Waals surface area contributed by atoms with Crippen molar-refractivity contribution in [3.63, 3.8) is 0 Å². The van der Waals surface area contributed by atoms with Crippen LogP contribution in [0.3, 0.4) is 0 Å². The summed E-state index contributed by atoms with van der Waals surface area (Å²) in [6.07, 6.45) is 3.46. The van der Waals surface area contributed by atoms with E-state index in [-0.39, 0.29) is 0 Å². The SMILES string of the molecule is N#CNc1cccc(CNc2cc(Nc3ccc(N4CCOCC4)cc3)ncn2)c1. The van der Waals surface area contributed by atoms with Gasteiger partial charge in [-0.1, -0.05) is 12.1 Å². The van der Waals surface area contributed by atoms with Gasteiger partial charge in [0.1, 0.15) is 18.0 Å². The van der Waals surface area contributed by atoms with E-state index in [0.717, 1.165) is 49.1 Å². The average Bonchev–Trinajstić information content (AvgIpc) is 2.80. The highest BCUT2D eigenvalue weighted by atomic mass is 16.5. The highest BCUT2D eigenvalue weighted by Crippen LogP contribution is 2.22. The third-order valence-electron chi connectivity index (χ3n) is 4.78. The summed E-state index contributed by atoms with van der Waals surface area (Å²) in [6.45, 7) is 3.98. The van der Waals surface area contributed by atoms with Crippen molar-refractivity contribution >= 4 is 28.7 Å². The fraction of sp³-hybridized carbons (Fsp3) is 0.227. The summed E-state index contributed by atoms with van der Waals surface area (Å²) in [4.78, 5) is 10.9. The number of rotatable bonds is 7. The third-order valence-corrected chi connectivity index (χ3v) is 4.78. The van der Waals surface area contributed by atoms with Crippen LogP contribution >= 0.6 is 0 Å². The lowest BCUT2D eigenvalue weighted by atomic mass is 10.2. The molecule has 0 saturated carbocycles. The molecular formula is C22H23N7O. The molecule has 3 N–H and O–H groups in total. The molecule has 2 heterocycles. The molecule has 3 aromatic rings. The molecule has 1 fully saturated rings. The summed E-state index contributed by atoms with van der Waals surface area (Å²) < 4.78 is 5.41. The van der Waals surface area contributed by atoms with Crippen molar-refractivity contribution < 1.29 is 4.74 Å². The molecule has 0 atom stereocenters. The zero-order chi connectivity index (χ0) is 20.6. The van der Waals surface area contributed by atoms with Gasteiger partial charge >= 0.3 is 0 Å². The van der Waals surface area contributed by atoms with E-state index < -0.39 is 0 Å².